The van der Waals surface area contributed by atoms with Crippen LogP contribution in [-0.4, -0.2) is 49.4 Å². The molecule has 1 saturated carbocycles. The number of likely N-dealkylation sites (N-methyl/N-ethyl adjacent to an activating group) is 1. The molecule has 1 atom stereocenters. The average molecular weight is 351 g/mol. The quantitative estimate of drug-likeness (QED) is 0.680. The lowest BCUT2D eigenvalue weighted by Crippen LogP contribution is -2.40. The third kappa shape index (κ3) is 6.75. The fourth-order valence-corrected chi connectivity index (χ4v) is 3.17. The number of benzene rings is 1. The highest BCUT2D eigenvalue weighted by Gasteiger charge is 2.24. The highest BCUT2D eigenvalue weighted by molar-refractivity contribution is 5.73. The highest BCUT2D eigenvalue weighted by Crippen LogP contribution is 2.25. The molecule has 140 valence electrons. The van der Waals surface area contributed by atoms with Crippen LogP contribution >= 0.6 is 0 Å². The Hall–Kier alpha value is -1.46. The van der Waals surface area contributed by atoms with Crippen molar-refractivity contribution in [3.8, 4) is 0 Å². The van der Waals surface area contributed by atoms with E-state index in [1.807, 2.05) is 18.2 Å². The zero-order valence-corrected chi connectivity index (χ0v) is 15.3. The molecule has 1 aromatic carbocycles. The van der Waals surface area contributed by atoms with E-state index < -0.39 is 6.67 Å². The lowest BCUT2D eigenvalue weighted by molar-refractivity contribution is -0.132. The summed E-state index contributed by atoms with van der Waals surface area (Å²) < 4.78 is 24.7. The Morgan fingerprint density at radius 1 is 1.16 bits per heavy atom. The van der Waals surface area contributed by atoms with Gasteiger partial charge in [-0.05, 0) is 37.7 Å². The number of amides is 1. The van der Waals surface area contributed by atoms with Gasteiger partial charge in [0.1, 0.15) is 0 Å². The number of carbonyl (C=O) groups is 1. The zero-order valence-electron chi connectivity index (χ0n) is 15.3. The minimum absolute atomic E-state index is 0.0555. The summed E-state index contributed by atoms with van der Waals surface area (Å²) in [6, 6.07) is 10.0. The third-order valence-electron chi connectivity index (χ3n) is 4.96. The molecule has 0 spiro atoms. The van der Waals surface area contributed by atoms with Crippen LogP contribution in [0.4, 0.5) is 4.39 Å². The number of hydrogen-bond acceptors (Lipinski definition) is 3. The molecule has 1 aromatic rings. The largest absolute Gasteiger partial charge is 0.376 e. The minimum Gasteiger partial charge on any atom is -0.376 e. The number of ether oxygens (including phenoxy) is 2. The van der Waals surface area contributed by atoms with Crippen LogP contribution < -0.4 is 0 Å². The van der Waals surface area contributed by atoms with Crippen molar-refractivity contribution in [2.24, 2.45) is 0 Å². The van der Waals surface area contributed by atoms with Crippen LogP contribution in [0.2, 0.25) is 0 Å². The molecule has 4 nitrogen and oxygen atoms in total. The molecule has 0 radical (unpaired) electrons. The van der Waals surface area contributed by atoms with Crippen LogP contribution in [-0.2, 0) is 20.9 Å². The number of hydrogen-bond donors (Lipinski definition) is 0. The lowest BCUT2D eigenvalue weighted by atomic mass is 9.95. The van der Waals surface area contributed by atoms with Gasteiger partial charge in [-0.3, -0.25) is 9.18 Å². The second-order valence-electron chi connectivity index (χ2n) is 6.79. The molecule has 0 N–H and O–H groups in total. The van der Waals surface area contributed by atoms with Gasteiger partial charge in [0.2, 0.25) is 5.91 Å². The van der Waals surface area contributed by atoms with E-state index >= 15 is 0 Å². The Labute approximate surface area is 150 Å². The Morgan fingerprint density at radius 2 is 1.76 bits per heavy atom. The molecular weight excluding hydrogens is 321 g/mol. The number of nitrogens with zero attached hydrogens (tertiary/aromatic N) is 1. The van der Waals surface area contributed by atoms with Crippen molar-refractivity contribution in [3.63, 3.8) is 0 Å². The third-order valence-corrected chi connectivity index (χ3v) is 4.96. The summed E-state index contributed by atoms with van der Waals surface area (Å²) in [6.07, 6.45) is 4.64. The van der Waals surface area contributed by atoms with Crippen LogP contribution in [0.1, 0.15) is 44.6 Å². The van der Waals surface area contributed by atoms with E-state index in [-0.39, 0.29) is 24.2 Å². The SMILES string of the molecule is CC(=O)N(C)[C@@H](CCF)CO[C@H]1CC[C@H](OCc2ccccc2)CC1. The first-order valence-electron chi connectivity index (χ1n) is 9.16. The van der Waals surface area contributed by atoms with Crippen molar-refractivity contribution in [1.29, 1.82) is 0 Å². The normalized spacial score (nSPS) is 21.7. The number of halogens is 1. The summed E-state index contributed by atoms with van der Waals surface area (Å²) in [6.45, 7) is 2.12. The summed E-state index contributed by atoms with van der Waals surface area (Å²) in [4.78, 5) is 13.1. The lowest BCUT2D eigenvalue weighted by Gasteiger charge is -2.32. The predicted molar refractivity (Wildman–Crippen MR) is 96.1 cm³/mol. The fourth-order valence-electron chi connectivity index (χ4n) is 3.17. The minimum atomic E-state index is -0.439. The second kappa shape index (κ2) is 10.5. The number of rotatable bonds is 9. The highest BCUT2D eigenvalue weighted by atomic mass is 19.1. The van der Waals surface area contributed by atoms with Gasteiger partial charge in [0.25, 0.3) is 0 Å². The molecule has 0 aliphatic heterocycles. The zero-order chi connectivity index (χ0) is 18.1. The number of carbonyl (C=O) groups excluding carboxylic acids is 1. The number of alkyl halides is 1. The Kier molecular flexibility index (Phi) is 8.35. The molecule has 5 heteroatoms. The topological polar surface area (TPSA) is 38.8 Å². The molecule has 0 bridgehead atoms. The maximum atomic E-state index is 12.7. The molecule has 1 aliphatic carbocycles. The van der Waals surface area contributed by atoms with E-state index in [9.17, 15) is 9.18 Å². The van der Waals surface area contributed by atoms with Crippen molar-refractivity contribution < 1.29 is 18.7 Å². The predicted octanol–water partition coefficient (Wildman–Crippen LogP) is 3.74. The van der Waals surface area contributed by atoms with E-state index in [0.29, 0.717) is 19.6 Å². The smallest absolute Gasteiger partial charge is 0.219 e. The Morgan fingerprint density at radius 3 is 2.32 bits per heavy atom. The monoisotopic (exact) mass is 351 g/mol. The van der Waals surface area contributed by atoms with Gasteiger partial charge in [0, 0.05) is 14.0 Å². The van der Waals surface area contributed by atoms with Crippen molar-refractivity contribution in [2.75, 3.05) is 20.3 Å². The molecule has 0 aromatic heterocycles. The average Bonchev–Trinajstić information content (AvgIpc) is 2.64. The van der Waals surface area contributed by atoms with Crippen LogP contribution in [0, 0.1) is 0 Å². The summed E-state index contributed by atoms with van der Waals surface area (Å²) in [5.41, 5.74) is 1.20. The Balaban J connectivity index is 1.68. The molecular formula is C20H30FNO3. The standard InChI is InChI=1S/C20H30FNO3/c1-16(23)22(2)18(12-13-21)15-25-20-10-8-19(9-11-20)24-14-17-6-4-3-5-7-17/h3-7,18-20H,8-15H2,1-2H3/t18-,19-,20-/m0/s1. The first-order valence-corrected chi connectivity index (χ1v) is 9.16. The van der Waals surface area contributed by atoms with Gasteiger partial charge in [-0.1, -0.05) is 30.3 Å². The first-order chi connectivity index (χ1) is 12.1. The molecule has 1 aliphatic rings. The van der Waals surface area contributed by atoms with Gasteiger partial charge in [-0.2, -0.15) is 0 Å². The van der Waals surface area contributed by atoms with Crippen molar-refractivity contribution in [3.05, 3.63) is 35.9 Å². The van der Waals surface area contributed by atoms with E-state index in [1.54, 1.807) is 11.9 Å². The summed E-state index contributed by atoms with van der Waals surface area (Å²) >= 11 is 0. The van der Waals surface area contributed by atoms with Crippen LogP contribution in [0.3, 0.4) is 0 Å². The summed E-state index contributed by atoms with van der Waals surface area (Å²) in [5.74, 6) is -0.0555. The van der Waals surface area contributed by atoms with Gasteiger partial charge in [-0.15, -0.1) is 0 Å². The van der Waals surface area contributed by atoms with Gasteiger partial charge in [-0.25, -0.2) is 0 Å². The van der Waals surface area contributed by atoms with Gasteiger partial charge in [0.05, 0.1) is 38.1 Å². The van der Waals surface area contributed by atoms with E-state index in [2.05, 4.69) is 12.1 Å². The second-order valence-corrected chi connectivity index (χ2v) is 6.79. The maximum absolute atomic E-state index is 12.7. The van der Waals surface area contributed by atoms with Crippen LogP contribution in [0.5, 0.6) is 0 Å². The van der Waals surface area contributed by atoms with E-state index in [1.165, 1.54) is 12.5 Å². The van der Waals surface area contributed by atoms with E-state index in [0.717, 1.165) is 25.7 Å². The summed E-state index contributed by atoms with van der Waals surface area (Å²) in [5, 5.41) is 0. The van der Waals surface area contributed by atoms with Gasteiger partial charge >= 0.3 is 0 Å². The van der Waals surface area contributed by atoms with Crippen molar-refractivity contribution in [1.82, 2.24) is 4.90 Å². The maximum Gasteiger partial charge on any atom is 0.219 e. The molecule has 1 amide bonds. The summed E-state index contributed by atoms with van der Waals surface area (Å²) in [7, 11) is 1.71. The molecule has 25 heavy (non-hydrogen) atoms. The first kappa shape index (κ1) is 19.9. The fraction of sp³-hybridized carbons (Fsp3) is 0.650. The van der Waals surface area contributed by atoms with Gasteiger partial charge in [0.15, 0.2) is 0 Å². The van der Waals surface area contributed by atoms with Crippen molar-refractivity contribution in [2.45, 2.75) is 63.9 Å². The Bertz CT molecular complexity index is 503. The molecule has 0 unspecified atom stereocenters. The van der Waals surface area contributed by atoms with Gasteiger partial charge < -0.3 is 14.4 Å². The van der Waals surface area contributed by atoms with Crippen LogP contribution in [0.25, 0.3) is 0 Å². The molecule has 2 rings (SSSR count). The molecule has 1 fully saturated rings. The molecule has 0 saturated heterocycles. The van der Waals surface area contributed by atoms with Crippen LogP contribution in [0.15, 0.2) is 30.3 Å². The van der Waals surface area contributed by atoms with Crippen molar-refractivity contribution >= 4 is 5.91 Å². The molecule has 0 heterocycles. The van der Waals surface area contributed by atoms with E-state index in [4.69, 9.17) is 9.47 Å².